The van der Waals surface area contributed by atoms with E-state index in [-0.39, 0.29) is 0 Å². The summed E-state index contributed by atoms with van der Waals surface area (Å²) in [6.45, 7) is 6.00. The van der Waals surface area contributed by atoms with E-state index in [2.05, 4.69) is 32.3 Å². The highest BCUT2D eigenvalue weighted by molar-refractivity contribution is 7.78. The fourth-order valence-electron chi connectivity index (χ4n) is 0.937. The standard InChI is InChI=1S/C9H11N3S/c1-6(2)9-11-7(3)4-8(12-9)10-5-13/h4,6H,1-3H3. The van der Waals surface area contributed by atoms with Crippen LogP contribution >= 0.6 is 12.2 Å². The quantitative estimate of drug-likeness (QED) is 0.535. The molecule has 1 aromatic heterocycles. The maximum atomic E-state index is 4.51. The highest BCUT2D eigenvalue weighted by Gasteiger charge is 2.04. The van der Waals surface area contributed by atoms with Gasteiger partial charge in [0.25, 0.3) is 0 Å². The zero-order chi connectivity index (χ0) is 9.84. The average Bonchev–Trinajstić information content (AvgIpc) is 2.03. The van der Waals surface area contributed by atoms with E-state index in [1.807, 2.05) is 20.8 Å². The molecule has 0 fully saturated rings. The van der Waals surface area contributed by atoms with Gasteiger partial charge < -0.3 is 0 Å². The molecule has 0 bridgehead atoms. The lowest BCUT2D eigenvalue weighted by Gasteiger charge is -2.04. The minimum atomic E-state index is 0.305. The van der Waals surface area contributed by atoms with Crippen LogP contribution in [0.2, 0.25) is 0 Å². The van der Waals surface area contributed by atoms with Crippen molar-refractivity contribution in [2.45, 2.75) is 26.7 Å². The predicted molar refractivity (Wildman–Crippen MR) is 55.5 cm³/mol. The van der Waals surface area contributed by atoms with Gasteiger partial charge in [-0.05, 0) is 19.1 Å². The van der Waals surface area contributed by atoms with Gasteiger partial charge in [0.1, 0.15) is 5.82 Å². The molecule has 0 unspecified atom stereocenters. The first kappa shape index (κ1) is 9.96. The van der Waals surface area contributed by atoms with Crippen LogP contribution in [0.4, 0.5) is 5.82 Å². The normalized spacial score (nSPS) is 9.85. The van der Waals surface area contributed by atoms with Crippen molar-refractivity contribution in [2.24, 2.45) is 4.99 Å². The molecule has 0 aliphatic carbocycles. The number of aliphatic imine (C=N–C) groups is 1. The summed E-state index contributed by atoms with van der Waals surface area (Å²) in [4.78, 5) is 12.3. The first-order valence-electron chi connectivity index (χ1n) is 4.07. The number of isothiocyanates is 1. The SMILES string of the molecule is Cc1cc(N=C=S)nc(C(C)C)n1. The molecule has 0 saturated carbocycles. The van der Waals surface area contributed by atoms with E-state index in [1.54, 1.807) is 6.07 Å². The maximum absolute atomic E-state index is 4.51. The molecule has 0 aromatic carbocycles. The molecule has 1 aromatic rings. The Morgan fingerprint density at radius 1 is 1.46 bits per heavy atom. The van der Waals surface area contributed by atoms with Gasteiger partial charge >= 0.3 is 0 Å². The van der Waals surface area contributed by atoms with Gasteiger partial charge in [-0.3, -0.25) is 0 Å². The van der Waals surface area contributed by atoms with Crippen molar-refractivity contribution in [1.29, 1.82) is 0 Å². The summed E-state index contributed by atoms with van der Waals surface area (Å²) in [6.07, 6.45) is 0. The van der Waals surface area contributed by atoms with Gasteiger partial charge in [0.15, 0.2) is 5.82 Å². The Kier molecular flexibility index (Phi) is 3.23. The van der Waals surface area contributed by atoms with Crippen molar-refractivity contribution < 1.29 is 0 Å². The molecule has 0 aliphatic heterocycles. The summed E-state index contributed by atoms with van der Waals surface area (Å²) >= 11 is 4.51. The number of aromatic nitrogens is 2. The molecule has 0 spiro atoms. The highest BCUT2D eigenvalue weighted by Crippen LogP contribution is 2.14. The molecule has 0 amide bonds. The number of rotatable bonds is 2. The molecule has 4 heteroatoms. The molecule has 0 radical (unpaired) electrons. The second-order valence-corrected chi connectivity index (χ2v) is 3.27. The Morgan fingerprint density at radius 2 is 2.15 bits per heavy atom. The van der Waals surface area contributed by atoms with Crippen LogP contribution < -0.4 is 0 Å². The molecule has 0 N–H and O–H groups in total. The van der Waals surface area contributed by atoms with E-state index in [9.17, 15) is 0 Å². The molecule has 13 heavy (non-hydrogen) atoms. The van der Waals surface area contributed by atoms with Crippen molar-refractivity contribution in [3.05, 3.63) is 17.6 Å². The van der Waals surface area contributed by atoms with Gasteiger partial charge in [-0.1, -0.05) is 13.8 Å². The van der Waals surface area contributed by atoms with Crippen molar-refractivity contribution in [3.8, 4) is 0 Å². The number of hydrogen-bond donors (Lipinski definition) is 0. The lowest BCUT2D eigenvalue weighted by Crippen LogP contribution is -1.98. The van der Waals surface area contributed by atoms with Crippen LogP contribution in [0, 0.1) is 6.92 Å². The monoisotopic (exact) mass is 193 g/mol. The Hall–Kier alpha value is -1.12. The van der Waals surface area contributed by atoms with Gasteiger partial charge in [-0.2, -0.15) is 4.99 Å². The lowest BCUT2D eigenvalue weighted by molar-refractivity contribution is 0.767. The summed E-state index contributed by atoms with van der Waals surface area (Å²) in [6, 6.07) is 1.78. The van der Waals surface area contributed by atoms with Crippen LogP contribution in [0.3, 0.4) is 0 Å². The van der Waals surface area contributed by atoms with Crippen LogP contribution in [0.15, 0.2) is 11.1 Å². The molecular weight excluding hydrogens is 182 g/mol. The molecular formula is C9H11N3S. The van der Waals surface area contributed by atoms with Crippen LogP contribution in [-0.4, -0.2) is 15.1 Å². The van der Waals surface area contributed by atoms with Crippen LogP contribution in [-0.2, 0) is 0 Å². The summed E-state index contributed by atoms with van der Waals surface area (Å²) in [5.41, 5.74) is 0.905. The Labute approximate surface area is 82.9 Å². The summed E-state index contributed by atoms with van der Waals surface area (Å²) < 4.78 is 0. The fraction of sp³-hybridized carbons (Fsp3) is 0.444. The topological polar surface area (TPSA) is 38.1 Å². The van der Waals surface area contributed by atoms with Crippen molar-refractivity contribution in [2.75, 3.05) is 0 Å². The molecule has 1 rings (SSSR count). The number of nitrogens with zero attached hydrogens (tertiary/aromatic N) is 3. The summed E-state index contributed by atoms with van der Waals surface area (Å²) in [5, 5.41) is 2.30. The van der Waals surface area contributed by atoms with E-state index in [0.29, 0.717) is 11.7 Å². The van der Waals surface area contributed by atoms with Gasteiger partial charge in [0, 0.05) is 17.7 Å². The largest absolute Gasteiger partial charge is 0.238 e. The third-order valence-electron chi connectivity index (χ3n) is 1.53. The summed E-state index contributed by atoms with van der Waals surface area (Å²) in [5.74, 6) is 1.69. The molecule has 1 heterocycles. The van der Waals surface area contributed by atoms with Gasteiger partial charge in [-0.15, -0.1) is 0 Å². The lowest BCUT2D eigenvalue weighted by atomic mass is 10.2. The third-order valence-corrected chi connectivity index (χ3v) is 1.63. The summed E-state index contributed by atoms with van der Waals surface area (Å²) in [7, 11) is 0. The van der Waals surface area contributed by atoms with Gasteiger partial charge in [0.2, 0.25) is 0 Å². The number of thiocarbonyl (C=S) groups is 1. The number of hydrogen-bond acceptors (Lipinski definition) is 4. The molecule has 0 atom stereocenters. The van der Waals surface area contributed by atoms with Crippen molar-refractivity contribution in [3.63, 3.8) is 0 Å². The number of aryl methyl sites for hydroxylation is 1. The predicted octanol–water partition coefficient (Wildman–Crippen LogP) is 2.64. The van der Waals surface area contributed by atoms with Gasteiger partial charge in [0.05, 0.1) is 5.16 Å². The molecule has 68 valence electrons. The van der Waals surface area contributed by atoms with E-state index in [0.717, 1.165) is 11.5 Å². The van der Waals surface area contributed by atoms with Crippen molar-refractivity contribution in [1.82, 2.24) is 9.97 Å². The zero-order valence-electron chi connectivity index (χ0n) is 7.90. The van der Waals surface area contributed by atoms with E-state index < -0.39 is 0 Å². The average molecular weight is 193 g/mol. The highest BCUT2D eigenvalue weighted by atomic mass is 32.1. The van der Waals surface area contributed by atoms with Crippen LogP contribution in [0.25, 0.3) is 0 Å². The van der Waals surface area contributed by atoms with E-state index in [4.69, 9.17) is 0 Å². The van der Waals surface area contributed by atoms with Crippen molar-refractivity contribution >= 4 is 23.2 Å². The Bertz CT molecular complexity index is 354. The minimum Gasteiger partial charge on any atom is -0.238 e. The Balaban J connectivity index is 3.18. The third kappa shape index (κ3) is 2.68. The maximum Gasteiger partial charge on any atom is 0.166 e. The first-order chi connectivity index (χ1) is 6.13. The van der Waals surface area contributed by atoms with E-state index >= 15 is 0 Å². The molecule has 0 aliphatic rings. The second kappa shape index (κ2) is 4.21. The Morgan fingerprint density at radius 3 is 2.69 bits per heavy atom. The first-order valence-corrected chi connectivity index (χ1v) is 4.47. The molecule has 3 nitrogen and oxygen atoms in total. The van der Waals surface area contributed by atoms with Crippen LogP contribution in [0.1, 0.15) is 31.3 Å². The second-order valence-electron chi connectivity index (χ2n) is 3.08. The van der Waals surface area contributed by atoms with Gasteiger partial charge in [-0.25, -0.2) is 9.97 Å². The fourth-order valence-corrected chi connectivity index (χ4v) is 1.03. The molecule has 0 saturated heterocycles. The smallest absolute Gasteiger partial charge is 0.166 e. The van der Waals surface area contributed by atoms with E-state index in [1.165, 1.54) is 0 Å². The zero-order valence-corrected chi connectivity index (χ0v) is 8.72. The minimum absolute atomic E-state index is 0.305. The van der Waals surface area contributed by atoms with Crippen LogP contribution in [0.5, 0.6) is 0 Å².